The van der Waals surface area contributed by atoms with E-state index in [4.69, 9.17) is 0 Å². The zero-order valence-corrected chi connectivity index (χ0v) is 10.3. The fourth-order valence-electron chi connectivity index (χ4n) is 1.89. The highest BCUT2D eigenvalue weighted by Gasteiger charge is 2.15. The van der Waals surface area contributed by atoms with Crippen LogP contribution in [0.15, 0.2) is 18.3 Å². The average molecular weight is 234 g/mol. The molecule has 1 saturated heterocycles. The quantitative estimate of drug-likeness (QED) is 0.794. The molecule has 1 aromatic rings. The molecule has 0 aromatic carbocycles. The zero-order valence-electron chi connectivity index (χ0n) is 10.3. The molecule has 1 amide bonds. The van der Waals surface area contributed by atoms with Crippen LogP contribution in [0.1, 0.15) is 10.4 Å². The van der Waals surface area contributed by atoms with Gasteiger partial charge in [0.2, 0.25) is 0 Å². The van der Waals surface area contributed by atoms with Crippen molar-refractivity contribution in [3.8, 4) is 0 Å². The molecule has 0 atom stereocenters. The Hall–Kier alpha value is -1.62. The van der Waals surface area contributed by atoms with Crippen LogP contribution in [0, 0.1) is 0 Å². The monoisotopic (exact) mass is 234 g/mol. The number of pyridine rings is 1. The number of aromatic nitrogens is 1. The maximum atomic E-state index is 11.4. The van der Waals surface area contributed by atoms with Crippen LogP contribution in [-0.2, 0) is 0 Å². The molecule has 0 saturated carbocycles. The van der Waals surface area contributed by atoms with E-state index in [1.165, 1.54) is 0 Å². The molecule has 0 radical (unpaired) electrons. The normalized spacial score (nSPS) is 16.9. The van der Waals surface area contributed by atoms with Crippen molar-refractivity contribution in [2.75, 3.05) is 45.2 Å². The van der Waals surface area contributed by atoms with Crippen molar-refractivity contribution in [1.29, 1.82) is 0 Å². The summed E-state index contributed by atoms with van der Waals surface area (Å²) in [5, 5.41) is 2.59. The first-order valence-corrected chi connectivity index (χ1v) is 5.82. The number of likely N-dealkylation sites (N-methyl/N-ethyl adjacent to an activating group) is 1. The third-order valence-electron chi connectivity index (χ3n) is 3.06. The van der Waals surface area contributed by atoms with Gasteiger partial charge in [0.05, 0.1) is 5.56 Å². The van der Waals surface area contributed by atoms with Crippen LogP contribution >= 0.6 is 0 Å². The summed E-state index contributed by atoms with van der Waals surface area (Å²) in [5.74, 6) is 0.855. The number of hydrogen-bond donors (Lipinski definition) is 1. The first-order valence-electron chi connectivity index (χ1n) is 5.82. The lowest BCUT2D eigenvalue weighted by molar-refractivity contribution is 0.0963. The summed E-state index contributed by atoms with van der Waals surface area (Å²) >= 11 is 0. The van der Waals surface area contributed by atoms with Crippen molar-refractivity contribution in [2.24, 2.45) is 0 Å². The smallest absolute Gasteiger partial charge is 0.252 e. The van der Waals surface area contributed by atoms with E-state index in [9.17, 15) is 4.79 Å². The van der Waals surface area contributed by atoms with Gasteiger partial charge in [-0.2, -0.15) is 0 Å². The highest BCUT2D eigenvalue weighted by molar-refractivity contribution is 5.93. The minimum Gasteiger partial charge on any atom is -0.355 e. The SMILES string of the molecule is CNC(=O)c1ccc(N2CCN(C)CC2)nc1. The zero-order chi connectivity index (χ0) is 12.3. The summed E-state index contributed by atoms with van der Waals surface area (Å²) in [7, 11) is 3.75. The number of nitrogens with zero attached hydrogens (tertiary/aromatic N) is 3. The number of hydrogen-bond acceptors (Lipinski definition) is 4. The molecule has 1 aliphatic rings. The van der Waals surface area contributed by atoms with E-state index < -0.39 is 0 Å². The van der Waals surface area contributed by atoms with Gasteiger partial charge in [0.15, 0.2) is 0 Å². The highest BCUT2D eigenvalue weighted by atomic mass is 16.1. The van der Waals surface area contributed by atoms with E-state index in [0.29, 0.717) is 5.56 Å². The Kier molecular flexibility index (Phi) is 3.58. The molecule has 1 aromatic heterocycles. The molecule has 0 spiro atoms. The van der Waals surface area contributed by atoms with Gasteiger partial charge in [-0.3, -0.25) is 4.79 Å². The molecule has 0 unspecified atom stereocenters. The summed E-state index contributed by atoms with van der Waals surface area (Å²) in [6.07, 6.45) is 1.63. The fourth-order valence-corrected chi connectivity index (χ4v) is 1.89. The third kappa shape index (κ3) is 2.74. The molecule has 1 N–H and O–H groups in total. The first kappa shape index (κ1) is 11.9. The number of rotatable bonds is 2. The van der Waals surface area contributed by atoms with Gasteiger partial charge in [0.25, 0.3) is 5.91 Å². The van der Waals surface area contributed by atoms with Crippen molar-refractivity contribution in [2.45, 2.75) is 0 Å². The van der Waals surface area contributed by atoms with E-state index in [1.54, 1.807) is 13.2 Å². The molecular formula is C12H18N4O. The first-order chi connectivity index (χ1) is 8.20. The van der Waals surface area contributed by atoms with Gasteiger partial charge in [0, 0.05) is 39.4 Å². The number of amides is 1. The van der Waals surface area contributed by atoms with Crippen LogP contribution < -0.4 is 10.2 Å². The van der Waals surface area contributed by atoms with Gasteiger partial charge in [-0.15, -0.1) is 0 Å². The van der Waals surface area contributed by atoms with Crippen molar-refractivity contribution in [3.05, 3.63) is 23.9 Å². The van der Waals surface area contributed by atoms with Crippen LogP contribution in [0.25, 0.3) is 0 Å². The van der Waals surface area contributed by atoms with Crippen LogP contribution in [0.5, 0.6) is 0 Å². The van der Waals surface area contributed by atoms with Crippen molar-refractivity contribution in [3.63, 3.8) is 0 Å². The Bertz CT molecular complexity index is 382. The maximum Gasteiger partial charge on any atom is 0.252 e. The standard InChI is InChI=1S/C12H18N4O/c1-13-12(17)10-3-4-11(14-9-10)16-7-5-15(2)6-8-16/h3-4,9H,5-8H2,1-2H3,(H,13,17). The van der Waals surface area contributed by atoms with Crippen molar-refractivity contribution in [1.82, 2.24) is 15.2 Å². The molecule has 2 heterocycles. The third-order valence-corrected chi connectivity index (χ3v) is 3.06. The minimum atomic E-state index is -0.0950. The molecule has 5 heteroatoms. The molecular weight excluding hydrogens is 216 g/mol. The molecule has 0 aliphatic carbocycles. The largest absolute Gasteiger partial charge is 0.355 e. The number of nitrogens with one attached hydrogen (secondary N) is 1. The number of anilines is 1. The Morgan fingerprint density at radius 3 is 2.53 bits per heavy atom. The molecule has 2 rings (SSSR count). The number of piperazine rings is 1. The summed E-state index contributed by atoms with van der Waals surface area (Å²) in [6, 6.07) is 3.73. The molecule has 0 bridgehead atoms. The lowest BCUT2D eigenvalue weighted by atomic mass is 10.2. The second kappa shape index (κ2) is 5.14. The van der Waals surface area contributed by atoms with Crippen molar-refractivity contribution < 1.29 is 4.79 Å². The van der Waals surface area contributed by atoms with Gasteiger partial charge in [0.1, 0.15) is 5.82 Å². The predicted octanol–water partition coefficient (Wildman–Crippen LogP) is 0.193. The minimum absolute atomic E-state index is 0.0950. The van der Waals surface area contributed by atoms with Gasteiger partial charge < -0.3 is 15.1 Å². The lowest BCUT2D eigenvalue weighted by Crippen LogP contribution is -2.44. The summed E-state index contributed by atoms with van der Waals surface area (Å²) in [5.41, 5.74) is 0.602. The maximum absolute atomic E-state index is 11.4. The van der Waals surface area contributed by atoms with Crippen LogP contribution in [0.2, 0.25) is 0 Å². The fraction of sp³-hybridized carbons (Fsp3) is 0.500. The Morgan fingerprint density at radius 2 is 2.00 bits per heavy atom. The van der Waals surface area contributed by atoms with E-state index in [0.717, 1.165) is 32.0 Å². The lowest BCUT2D eigenvalue weighted by Gasteiger charge is -2.33. The van der Waals surface area contributed by atoms with E-state index in [-0.39, 0.29) is 5.91 Å². The second-order valence-corrected chi connectivity index (χ2v) is 4.27. The molecule has 1 fully saturated rings. The van der Waals surface area contributed by atoms with Gasteiger partial charge in [-0.1, -0.05) is 0 Å². The summed E-state index contributed by atoms with van der Waals surface area (Å²) in [6.45, 7) is 4.09. The number of carbonyl (C=O) groups excluding carboxylic acids is 1. The molecule has 17 heavy (non-hydrogen) atoms. The van der Waals surface area contributed by atoms with E-state index in [1.807, 2.05) is 12.1 Å². The van der Waals surface area contributed by atoms with Crippen molar-refractivity contribution >= 4 is 11.7 Å². The van der Waals surface area contributed by atoms with Crippen LogP contribution in [0.3, 0.4) is 0 Å². The van der Waals surface area contributed by atoms with E-state index in [2.05, 4.69) is 27.1 Å². The predicted molar refractivity (Wildman–Crippen MR) is 67.3 cm³/mol. The highest BCUT2D eigenvalue weighted by Crippen LogP contribution is 2.13. The van der Waals surface area contributed by atoms with Gasteiger partial charge >= 0.3 is 0 Å². The Balaban J connectivity index is 2.05. The number of carbonyl (C=O) groups is 1. The van der Waals surface area contributed by atoms with Crippen LogP contribution in [0.4, 0.5) is 5.82 Å². The van der Waals surface area contributed by atoms with Crippen LogP contribution in [-0.4, -0.2) is 56.1 Å². The second-order valence-electron chi connectivity index (χ2n) is 4.27. The van der Waals surface area contributed by atoms with Gasteiger partial charge in [-0.25, -0.2) is 4.98 Å². The molecule has 5 nitrogen and oxygen atoms in total. The topological polar surface area (TPSA) is 48.5 Å². The van der Waals surface area contributed by atoms with Gasteiger partial charge in [-0.05, 0) is 19.2 Å². The summed E-state index contributed by atoms with van der Waals surface area (Å²) < 4.78 is 0. The average Bonchev–Trinajstić information content (AvgIpc) is 2.39. The molecule has 1 aliphatic heterocycles. The molecule has 92 valence electrons. The summed E-state index contributed by atoms with van der Waals surface area (Å²) in [4.78, 5) is 20.3. The Labute approximate surface area is 101 Å². The van der Waals surface area contributed by atoms with E-state index >= 15 is 0 Å². The Morgan fingerprint density at radius 1 is 1.29 bits per heavy atom.